The average Bonchev–Trinajstić information content (AvgIpc) is 3.70. The smallest absolute Gasteiger partial charge is 0.0811 e. The molecule has 0 radical (unpaired) electrons. The van der Waals surface area contributed by atoms with Crippen molar-refractivity contribution >= 4 is 0 Å². The van der Waals surface area contributed by atoms with Crippen molar-refractivity contribution in [3.8, 4) is 0 Å². The molecule has 0 aromatic heterocycles. The average molecular weight is 833 g/mol. The molecule has 6 fully saturated rings. The molecule has 0 spiro atoms. The van der Waals surface area contributed by atoms with E-state index in [1.54, 1.807) is 11.1 Å². The molecular weight excluding hydrogens is 745 g/mol. The molecule has 0 aliphatic heterocycles. The van der Waals surface area contributed by atoms with E-state index in [-0.39, 0.29) is 5.92 Å². The summed E-state index contributed by atoms with van der Waals surface area (Å²) in [4.78, 5) is 0. The lowest BCUT2D eigenvalue weighted by Gasteiger charge is -2.44. The van der Waals surface area contributed by atoms with Crippen molar-refractivity contribution in [2.75, 3.05) is 0 Å². The molecule has 6 saturated carbocycles. The van der Waals surface area contributed by atoms with Gasteiger partial charge >= 0.3 is 0 Å². The van der Waals surface area contributed by atoms with E-state index < -0.39 is 35.6 Å². The number of aliphatic hydroxyl groups excluding tert-OH is 4. The van der Waals surface area contributed by atoms with Crippen LogP contribution < -0.4 is 0 Å². The molecular formula is C54H88O6. The molecule has 0 saturated heterocycles. The van der Waals surface area contributed by atoms with Crippen LogP contribution in [0.1, 0.15) is 178 Å². The number of hydrogen-bond donors (Lipinski definition) is 6. The summed E-state index contributed by atoms with van der Waals surface area (Å²) >= 11 is 0. The maximum Gasteiger partial charge on any atom is 0.0811 e. The highest BCUT2D eigenvalue weighted by molar-refractivity contribution is 5.39. The summed E-state index contributed by atoms with van der Waals surface area (Å²) in [5.74, 6) is 4.11. The second-order valence-corrected chi connectivity index (χ2v) is 22.6. The Hall–Kier alpha value is -1.80. The normalized spacial score (nSPS) is 38.8. The van der Waals surface area contributed by atoms with Gasteiger partial charge in [-0.2, -0.15) is 0 Å². The Labute approximate surface area is 366 Å². The molecule has 13 atom stereocenters. The Balaban J connectivity index is 0.000000228. The Kier molecular flexibility index (Phi) is 16.7. The monoisotopic (exact) mass is 833 g/mol. The number of rotatable bonds is 11. The van der Waals surface area contributed by atoms with Crippen molar-refractivity contribution in [2.24, 2.45) is 52.3 Å². The Morgan fingerprint density at radius 1 is 0.700 bits per heavy atom. The lowest BCUT2D eigenvalue weighted by atomic mass is 9.60. The molecule has 0 heterocycles. The van der Waals surface area contributed by atoms with E-state index >= 15 is 0 Å². The van der Waals surface area contributed by atoms with E-state index in [0.29, 0.717) is 72.5 Å². The maximum absolute atomic E-state index is 10.2. The quantitative estimate of drug-likeness (QED) is 0.115. The minimum atomic E-state index is -0.674. The van der Waals surface area contributed by atoms with Gasteiger partial charge in [0.05, 0.1) is 35.6 Å². The van der Waals surface area contributed by atoms with Crippen LogP contribution in [0.15, 0.2) is 70.9 Å². The number of fused-ring (bicyclic) bond motifs is 2. The minimum Gasteiger partial charge on any atom is -0.393 e. The van der Waals surface area contributed by atoms with E-state index in [1.807, 2.05) is 27.7 Å². The fourth-order valence-electron chi connectivity index (χ4n) is 13.1. The van der Waals surface area contributed by atoms with Gasteiger partial charge in [-0.15, -0.1) is 0 Å². The van der Waals surface area contributed by atoms with Crippen LogP contribution in [0.4, 0.5) is 0 Å². The van der Waals surface area contributed by atoms with Crippen LogP contribution in [0, 0.1) is 52.3 Å². The van der Waals surface area contributed by atoms with Gasteiger partial charge in [0.1, 0.15) is 0 Å². The zero-order valence-corrected chi connectivity index (χ0v) is 39.4. The molecule has 60 heavy (non-hydrogen) atoms. The van der Waals surface area contributed by atoms with E-state index in [9.17, 15) is 30.6 Å². The first-order chi connectivity index (χ1) is 28.0. The highest BCUT2D eigenvalue weighted by Gasteiger charge is 2.51. The minimum absolute atomic E-state index is 0.152. The van der Waals surface area contributed by atoms with Gasteiger partial charge in [0, 0.05) is 12.3 Å². The second-order valence-electron chi connectivity index (χ2n) is 22.6. The standard InChI is InChI=1S/2C27H44O3/c1-18(8-6-14-26(3,4)30)23-12-13-24-20(9-7-15-27(23,24)5)10-11-21-16-22(28)17-25(29)19(21)2;1-18(8-9-19(2)26(3,4)30)24-12-13-25-21(7-6-14-27(24,25)5)11-10-20-15-22(28)17-23(29)16-20/h10-11,18,22-25,28-30H,2,6-9,12-17H2,1,3-5H3;8-11,18-19,22-25,28-30H,6-7,12-17H2,1-5H3/b20-10+,21-11-;9-8+,21-11+/t18-,22-,23-,24+,25+,27-;18-,19+,22-,23-,24-,25+,27-/m11/s1. The summed E-state index contributed by atoms with van der Waals surface area (Å²) < 4.78 is 0. The molecule has 6 aliphatic carbocycles. The van der Waals surface area contributed by atoms with Crippen molar-refractivity contribution in [1.29, 1.82) is 0 Å². The highest BCUT2D eigenvalue weighted by Crippen LogP contribution is 2.61. The zero-order chi connectivity index (χ0) is 44.2. The van der Waals surface area contributed by atoms with Crippen LogP contribution >= 0.6 is 0 Å². The van der Waals surface area contributed by atoms with Crippen molar-refractivity contribution in [3.05, 3.63) is 70.9 Å². The SMILES string of the molecule is C=C1/C(=C\C=C2/CCC[C@]3(C)[C@@H]([C@H](C)CCCC(C)(C)O)CC[C@@H]23)C[C@@H](O)C[C@@H]1O.C[C@H](/C=C/[C@H](C)C(C)(C)O)[C@H]1CC[C@H]2/C(=C/C=C3C[C@@H](O)C[C@H](O)C3)CCC[C@]12C. The fourth-order valence-corrected chi connectivity index (χ4v) is 13.1. The molecule has 340 valence electrons. The molecule has 0 bridgehead atoms. The summed E-state index contributed by atoms with van der Waals surface area (Å²) in [5.41, 5.74) is 5.60. The lowest BCUT2D eigenvalue weighted by Crippen LogP contribution is -2.36. The molecule has 6 aliphatic rings. The summed E-state index contributed by atoms with van der Waals surface area (Å²) in [6, 6.07) is 0. The van der Waals surface area contributed by atoms with Gasteiger partial charge in [-0.05, 0) is 181 Å². The Morgan fingerprint density at radius 3 is 1.80 bits per heavy atom. The molecule has 6 N–H and O–H groups in total. The highest BCUT2D eigenvalue weighted by atomic mass is 16.3. The predicted octanol–water partition coefficient (Wildman–Crippen LogP) is 11.3. The molecule has 6 rings (SSSR count). The van der Waals surface area contributed by atoms with Crippen molar-refractivity contribution in [3.63, 3.8) is 0 Å². The fraction of sp³-hybridized carbons (Fsp3) is 0.778. The van der Waals surface area contributed by atoms with Gasteiger partial charge in [0.25, 0.3) is 0 Å². The van der Waals surface area contributed by atoms with Gasteiger partial charge < -0.3 is 30.6 Å². The second kappa shape index (κ2) is 20.4. The van der Waals surface area contributed by atoms with E-state index in [4.69, 9.17) is 0 Å². The van der Waals surface area contributed by atoms with Gasteiger partial charge in [-0.1, -0.05) is 107 Å². The van der Waals surface area contributed by atoms with Crippen molar-refractivity contribution in [2.45, 2.75) is 214 Å². The Bertz CT molecular complexity index is 1590. The van der Waals surface area contributed by atoms with E-state index in [0.717, 1.165) is 29.9 Å². The first-order valence-corrected chi connectivity index (χ1v) is 24.3. The van der Waals surface area contributed by atoms with Crippen LogP contribution in [0.25, 0.3) is 0 Å². The van der Waals surface area contributed by atoms with Crippen LogP contribution in [-0.2, 0) is 0 Å². The Morgan fingerprint density at radius 2 is 1.23 bits per heavy atom. The number of aliphatic hydroxyl groups is 6. The molecule has 6 nitrogen and oxygen atoms in total. The molecule has 0 unspecified atom stereocenters. The topological polar surface area (TPSA) is 121 Å². The third-order valence-electron chi connectivity index (χ3n) is 17.0. The third kappa shape index (κ3) is 12.3. The molecule has 6 heteroatoms. The summed E-state index contributed by atoms with van der Waals surface area (Å²) in [6.07, 6.45) is 30.3. The molecule has 0 aromatic rings. The molecule has 0 amide bonds. The first kappa shape index (κ1) is 49.2. The zero-order valence-electron chi connectivity index (χ0n) is 39.4. The van der Waals surface area contributed by atoms with Crippen LogP contribution in [0.5, 0.6) is 0 Å². The van der Waals surface area contributed by atoms with Crippen molar-refractivity contribution in [1.82, 2.24) is 0 Å². The summed E-state index contributed by atoms with van der Waals surface area (Å²) in [6.45, 7) is 23.6. The molecule has 0 aromatic carbocycles. The van der Waals surface area contributed by atoms with Gasteiger partial charge in [-0.3, -0.25) is 0 Å². The maximum atomic E-state index is 10.2. The van der Waals surface area contributed by atoms with Crippen LogP contribution in [0.3, 0.4) is 0 Å². The first-order valence-electron chi connectivity index (χ1n) is 24.3. The summed E-state index contributed by atoms with van der Waals surface area (Å²) in [7, 11) is 0. The van der Waals surface area contributed by atoms with Gasteiger partial charge in [0.2, 0.25) is 0 Å². The van der Waals surface area contributed by atoms with Crippen molar-refractivity contribution < 1.29 is 30.6 Å². The largest absolute Gasteiger partial charge is 0.393 e. The number of hydrogen-bond acceptors (Lipinski definition) is 6. The van der Waals surface area contributed by atoms with Gasteiger partial charge in [0.15, 0.2) is 0 Å². The lowest BCUT2D eigenvalue weighted by molar-refractivity contribution is 0.0435. The number of allylic oxidation sites excluding steroid dienone is 7. The third-order valence-corrected chi connectivity index (χ3v) is 17.0. The van der Waals surface area contributed by atoms with Crippen LogP contribution in [0.2, 0.25) is 0 Å². The predicted molar refractivity (Wildman–Crippen MR) is 248 cm³/mol. The van der Waals surface area contributed by atoms with Gasteiger partial charge in [-0.25, -0.2) is 0 Å². The van der Waals surface area contributed by atoms with Crippen LogP contribution in [-0.4, -0.2) is 66.3 Å². The van der Waals surface area contributed by atoms with E-state index in [1.165, 1.54) is 76.2 Å². The summed E-state index contributed by atoms with van der Waals surface area (Å²) in [5, 5.41) is 60.4. The van der Waals surface area contributed by atoms with E-state index in [2.05, 4.69) is 77.7 Å².